The van der Waals surface area contributed by atoms with Gasteiger partial charge in [-0.15, -0.1) is 0 Å². The van der Waals surface area contributed by atoms with Crippen molar-refractivity contribution in [2.75, 3.05) is 6.54 Å². The molecule has 3 nitrogen and oxygen atoms in total. The van der Waals surface area contributed by atoms with Gasteiger partial charge in [0, 0.05) is 0 Å². The number of hydrogen-bond acceptors (Lipinski definition) is 2. The number of hydrogen-bond donors (Lipinski definition) is 2. The molecule has 0 unspecified atom stereocenters. The Bertz CT molecular complexity index is 439. The number of halogens is 3. The van der Waals surface area contributed by atoms with E-state index in [9.17, 15) is 18.0 Å². The van der Waals surface area contributed by atoms with Crippen LogP contribution in [0.15, 0.2) is 0 Å². The smallest absolute Gasteiger partial charge is 0.394 e. The van der Waals surface area contributed by atoms with Gasteiger partial charge in [-0.05, 0) is 55.4 Å². The average Bonchev–Trinajstić information content (AvgIpc) is 2.74. The highest BCUT2D eigenvalue weighted by Crippen LogP contribution is 2.77. The highest BCUT2D eigenvalue weighted by atomic mass is 19.4. The third kappa shape index (κ3) is 1.49. The van der Waals surface area contributed by atoms with E-state index in [4.69, 9.17) is 10.8 Å². The number of carboxylic acids is 1. The monoisotopic (exact) mass is 291 g/mol. The molecule has 0 aromatic heterocycles. The lowest BCUT2D eigenvalue weighted by atomic mass is 9.39. The number of carboxylic acid groups (broad SMARTS) is 1. The lowest BCUT2D eigenvalue weighted by molar-refractivity contribution is -0.291. The van der Waals surface area contributed by atoms with E-state index in [-0.39, 0.29) is 43.6 Å². The fourth-order valence-corrected chi connectivity index (χ4v) is 5.76. The van der Waals surface area contributed by atoms with E-state index in [1.54, 1.807) is 0 Å². The Morgan fingerprint density at radius 3 is 2.45 bits per heavy atom. The summed E-state index contributed by atoms with van der Waals surface area (Å²) >= 11 is 0. The molecule has 0 saturated heterocycles. The van der Waals surface area contributed by atoms with Crippen molar-refractivity contribution >= 4 is 5.97 Å². The van der Waals surface area contributed by atoms with Gasteiger partial charge in [0.1, 0.15) is 0 Å². The van der Waals surface area contributed by atoms with Crippen molar-refractivity contribution in [1.29, 1.82) is 0 Å². The van der Waals surface area contributed by atoms with Crippen LogP contribution in [0.1, 0.15) is 38.5 Å². The van der Waals surface area contributed by atoms with Gasteiger partial charge in [0.05, 0.1) is 11.8 Å². The summed E-state index contributed by atoms with van der Waals surface area (Å²) in [7, 11) is 0. The molecule has 0 aromatic rings. The van der Waals surface area contributed by atoms with Crippen molar-refractivity contribution in [2.45, 2.75) is 44.7 Å². The van der Waals surface area contributed by atoms with Crippen LogP contribution in [0.5, 0.6) is 0 Å². The first kappa shape index (κ1) is 14.2. The minimum absolute atomic E-state index is 0.0801. The van der Waals surface area contributed by atoms with E-state index in [1.807, 2.05) is 0 Å². The molecule has 0 bridgehead atoms. The maximum absolute atomic E-state index is 13.6. The standard InChI is InChI=1S/C14H20F3NO2/c15-14(16,17)13-4-1-2-8-11(13)9(3-5-13)12(8,7-18)6-10(19)20/h8-9,11H,1-7,18H2,(H,19,20)/t8-,9+,11+,12+,13+/m0/s1. The Hall–Kier alpha value is -0.780. The molecule has 3 aliphatic carbocycles. The average molecular weight is 291 g/mol. The van der Waals surface area contributed by atoms with Gasteiger partial charge >= 0.3 is 12.1 Å². The van der Waals surface area contributed by atoms with Gasteiger partial charge in [0.25, 0.3) is 0 Å². The molecule has 0 heterocycles. The van der Waals surface area contributed by atoms with E-state index in [2.05, 4.69) is 0 Å². The third-order valence-corrected chi connectivity index (χ3v) is 6.45. The molecule has 3 saturated carbocycles. The summed E-state index contributed by atoms with van der Waals surface area (Å²) < 4.78 is 40.7. The number of alkyl halides is 3. The maximum atomic E-state index is 13.6. The molecule has 5 atom stereocenters. The fourth-order valence-electron chi connectivity index (χ4n) is 5.76. The Morgan fingerprint density at radius 2 is 1.90 bits per heavy atom. The van der Waals surface area contributed by atoms with Crippen LogP contribution in [0.3, 0.4) is 0 Å². The minimum Gasteiger partial charge on any atom is -0.481 e. The van der Waals surface area contributed by atoms with Crippen LogP contribution < -0.4 is 5.73 Å². The molecule has 0 radical (unpaired) electrons. The molecule has 0 aromatic carbocycles. The van der Waals surface area contributed by atoms with Crippen molar-refractivity contribution in [3.05, 3.63) is 0 Å². The number of nitrogens with two attached hydrogens (primary N) is 1. The minimum atomic E-state index is -4.17. The molecule has 114 valence electrons. The summed E-state index contributed by atoms with van der Waals surface area (Å²) in [6, 6.07) is 0. The van der Waals surface area contributed by atoms with Crippen molar-refractivity contribution in [2.24, 2.45) is 34.3 Å². The zero-order valence-electron chi connectivity index (χ0n) is 11.2. The first-order valence-electron chi connectivity index (χ1n) is 7.27. The summed E-state index contributed by atoms with van der Waals surface area (Å²) in [5.41, 5.74) is 3.67. The highest BCUT2D eigenvalue weighted by Gasteiger charge is 2.76. The number of aliphatic carboxylic acids is 1. The van der Waals surface area contributed by atoms with E-state index >= 15 is 0 Å². The zero-order valence-corrected chi connectivity index (χ0v) is 11.2. The Morgan fingerprint density at radius 1 is 1.25 bits per heavy atom. The molecule has 3 rings (SSSR count). The van der Waals surface area contributed by atoms with E-state index < -0.39 is 23.0 Å². The second-order valence-corrected chi connectivity index (χ2v) is 6.83. The molecule has 20 heavy (non-hydrogen) atoms. The number of carbonyl (C=O) groups is 1. The quantitative estimate of drug-likeness (QED) is 0.840. The molecule has 6 heteroatoms. The molecule has 0 amide bonds. The van der Waals surface area contributed by atoms with Crippen LogP contribution in [0.25, 0.3) is 0 Å². The summed E-state index contributed by atoms with van der Waals surface area (Å²) in [5, 5.41) is 9.11. The fraction of sp³-hybridized carbons (Fsp3) is 0.929. The molecule has 3 aliphatic rings. The van der Waals surface area contributed by atoms with Gasteiger partial charge in [-0.2, -0.15) is 13.2 Å². The highest BCUT2D eigenvalue weighted by molar-refractivity contribution is 5.68. The predicted octanol–water partition coefficient (Wildman–Crippen LogP) is 2.79. The summed E-state index contributed by atoms with van der Waals surface area (Å²) in [4.78, 5) is 11.1. The van der Waals surface area contributed by atoms with Crippen LogP contribution in [-0.4, -0.2) is 23.8 Å². The largest absolute Gasteiger partial charge is 0.481 e. The molecule has 0 spiro atoms. The summed E-state index contributed by atoms with van der Waals surface area (Å²) in [6.45, 7) is 0.194. The van der Waals surface area contributed by atoms with Gasteiger partial charge in [-0.3, -0.25) is 4.79 Å². The molecule has 0 aliphatic heterocycles. The van der Waals surface area contributed by atoms with Gasteiger partial charge in [0.15, 0.2) is 0 Å². The van der Waals surface area contributed by atoms with Crippen molar-refractivity contribution in [1.82, 2.24) is 0 Å². The zero-order chi connectivity index (χ0) is 14.8. The van der Waals surface area contributed by atoms with Crippen LogP contribution in [0.4, 0.5) is 13.2 Å². The number of rotatable bonds is 3. The van der Waals surface area contributed by atoms with E-state index in [1.165, 1.54) is 0 Å². The van der Waals surface area contributed by atoms with Crippen molar-refractivity contribution in [3.8, 4) is 0 Å². The lowest BCUT2D eigenvalue weighted by Crippen LogP contribution is -2.66. The Labute approximate surface area is 115 Å². The van der Waals surface area contributed by atoms with Crippen molar-refractivity contribution in [3.63, 3.8) is 0 Å². The van der Waals surface area contributed by atoms with Crippen molar-refractivity contribution < 1.29 is 23.1 Å². The third-order valence-electron chi connectivity index (χ3n) is 6.45. The summed E-state index contributed by atoms with van der Waals surface area (Å²) in [6.07, 6.45) is -2.17. The van der Waals surface area contributed by atoms with Gasteiger partial charge in [0.2, 0.25) is 0 Å². The SMILES string of the molecule is NC[C@@]1(CC(=O)O)[C@@H]2CC[C@]3(C(F)(F)F)CCC[C@H]1[C@H]23. The van der Waals surface area contributed by atoms with E-state index in [0.29, 0.717) is 19.3 Å². The van der Waals surface area contributed by atoms with E-state index in [0.717, 1.165) is 0 Å². The Balaban J connectivity index is 1.96. The first-order valence-corrected chi connectivity index (χ1v) is 7.27. The normalized spacial score (nSPS) is 46.7. The van der Waals surface area contributed by atoms with Crippen LogP contribution in [0.2, 0.25) is 0 Å². The molecule has 3 fully saturated rings. The summed E-state index contributed by atoms with van der Waals surface area (Å²) in [5.74, 6) is -1.65. The topological polar surface area (TPSA) is 63.3 Å². The van der Waals surface area contributed by atoms with Crippen LogP contribution in [-0.2, 0) is 4.79 Å². The molecular formula is C14H20F3NO2. The lowest BCUT2D eigenvalue weighted by Gasteiger charge is -2.65. The molecular weight excluding hydrogens is 271 g/mol. The first-order chi connectivity index (χ1) is 9.28. The second kappa shape index (κ2) is 4.12. The van der Waals surface area contributed by atoms with Gasteiger partial charge in [-0.25, -0.2) is 0 Å². The van der Waals surface area contributed by atoms with Gasteiger partial charge < -0.3 is 10.8 Å². The second-order valence-electron chi connectivity index (χ2n) is 6.83. The predicted molar refractivity (Wildman–Crippen MR) is 65.8 cm³/mol. The van der Waals surface area contributed by atoms with Gasteiger partial charge in [-0.1, -0.05) is 6.42 Å². The Kier molecular flexibility index (Phi) is 2.92. The van der Waals surface area contributed by atoms with Crippen LogP contribution in [0, 0.1) is 28.6 Å². The maximum Gasteiger partial charge on any atom is 0.394 e. The van der Waals surface area contributed by atoms with Crippen LogP contribution >= 0.6 is 0 Å². The molecule has 3 N–H and O–H groups in total.